The number of aliphatic hydroxyl groups is 4. The molecule has 1 saturated heterocycles. The van der Waals surface area contributed by atoms with E-state index in [0.29, 0.717) is 0 Å². The molecule has 1 fully saturated rings. The molecule has 5 heteroatoms. The molecule has 1 rings (SSSR count). The van der Waals surface area contributed by atoms with Crippen LogP contribution in [0.1, 0.15) is 6.92 Å². The van der Waals surface area contributed by atoms with Crippen molar-refractivity contribution in [1.82, 2.24) is 0 Å². The van der Waals surface area contributed by atoms with Gasteiger partial charge in [0.1, 0.15) is 18.3 Å². The summed E-state index contributed by atoms with van der Waals surface area (Å²) in [6, 6.07) is 0. The summed E-state index contributed by atoms with van der Waals surface area (Å²) in [6.45, 7) is 1.50. The maximum atomic E-state index is 9.09. The number of ether oxygens (including phenoxy) is 1. The molecule has 5 atom stereocenters. The first kappa shape index (κ1) is 8.89. The predicted octanol–water partition coefficient (Wildman–Crippen LogP) is -2.19. The summed E-state index contributed by atoms with van der Waals surface area (Å²) >= 11 is 0. The zero-order chi connectivity index (χ0) is 8.59. The van der Waals surface area contributed by atoms with E-state index in [-0.39, 0.29) is 0 Å². The first-order valence-electron chi connectivity index (χ1n) is 3.41. The molecule has 0 saturated carbocycles. The Morgan fingerprint density at radius 2 is 1.45 bits per heavy atom. The minimum absolute atomic E-state index is 0.664. The molecule has 0 aromatic heterocycles. The second kappa shape index (κ2) is 3.04. The molecular formula is C6H12O5. The third kappa shape index (κ3) is 1.52. The maximum Gasteiger partial charge on any atom is 0.183 e. The van der Waals surface area contributed by atoms with Crippen molar-refractivity contribution in [2.45, 2.75) is 37.6 Å². The van der Waals surface area contributed by atoms with Crippen molar-refractivity contribution < 1.29 is 25.2 Å². The summed E-state index contributed by atoms with van der Waals surface area (Å²) in [5, 5.41) is 36.0. The van der Waals surface area contributed by atoms with Crippen molar-refractivity contribution >= 4 is 0 Å². The van der Waals surface area contributed by atoms with Gasteiger partial charge in [0.25, 0.3) is 0 Å². The summed E-state index contributed by atoms with van der Waals surface area (Å²) in [4.78, 5) is 0. The van der Waals surface area contributed by atoms with Crippen LogP contribution in [0, 0.1) is 0 Å². The molecule has 1 aliphatic rings. The van der Waals surface area contributed by atoms with Gasteiger partial charge in [0.2, 0.25) is 0 Å². The van der Waals surface area contributed by atoms with E-state index < -0.39 is 30.7 Å². The monoisotopic (exact) mass is 164 g/mol. The quantitative estimate of drug-likeness (QED) is 0.326. The minimum atomic E-state index is -1.43. The fourth-order valence-corrected chi connectivity index (χ4v) is 1.03. The van der Waals surface area contributed by atoms with Crippen LogP contribution in [-0.4, -0.2) is 51.1 Å². The lowest BCUT2D eigenvalue weighted by molar-refractivity contribution is -0.277. The van der Waals surface area contributed by atoms with Crippen molar-refractivity contribution in [3.8, 4) is 0 Å². The van der Waals surface area contributed by atoms with E-state index in [4.69, 9.17) is 20.4 Å². The summed E-state index contributed by atoms with van der Waals surface area (Å²) < 4.78 is 4.68. The number of rotatable bonds is 0. The third-order valence-electron chi connectivity index (χ3n) is 1.83. The molecule has 0 aliphatic carbocycles. The molecule has 0 radical (unpaired) electrons. The van der Waals surface area contributed by atoms with Gasteiger partial charge in [-0.2, -0.15) is 0 Å². The summed E-state index contributed by atoms with van der Waals surface area (Å²) in [5.41, 5.74) is 0. The van der Waals surface area contributed by atoms with Gasteiger partial charge in [-0.25, -0.2) is 0 Å². The molecular weight excluding hydrogens is 152 g/mol. The van der Waals surface area contributed by atoms with Gasteiger partial charge in [-0.3, -0.25) is 0 Å². The van der Waals surface area contributed by atoms with Crippen LogP contribution in [0.15, 0.2) is 0 Å². The van der Waals surface area contributed by atoms with Gasteiger partial charge in [0.05, 0.1) is 6.10 Å². The second-order valence-electron chi connectivity index (χ2n) is 2.70. The third-order valence-corrected chi connectivity index (χ3v) is 1.83. The van der Waals surface area contributed by atoms with Gasteiger partial charge in [-0.15, -0.1) is 0 Å². The largest absolute Gasteiger partial charge is 0.388 e. The number of hydrogen-bond donors (Lipinski definition) is 4. The average molecular weight is 164 g/mol. The Labute approximate surface area is 63.8 Å². The van der Waals surface area contributed by atoms with E-state index in [1.165, 1.54) is 6.92 Å². The summed E-state index contributed by atoms with van der Waals surface area (Å²) in [7, 11) is 0. The highest BCUT2D eigenvalue weighted by Gasteiger charge is 2.40. The normalized spacial score (nSPS) is 52.6. The van der Waals surface area contributed by atoms with E-state index in [2.05, 4.69) is 4.74 Å². The minimum Gasteiger partial charge on any atom is -0.388 e. The number of hydrogen-bond acceptors (Lipinski definition) is 5. The van der Waals surface area contributed by atoms with Gasteiger partial charge >= 0.3 is 0 Å². The van der Waals surface area contributed by atoms with Crippen molar-refractivity contribution in [3.63, 3.8) is 0 Å². The molecule has 1 aliphatic heterocycles. The summed E-state index contributed by atoms with van der Waals surface area (Å²) in [5.74, 6) is 0. The first-order chi connectivity index (χ1) is 5.04. The predicted molar refractivity (Wildman–Crippen MR) is 34.6 cm³/mol. The summed E-state index contributed by atoms with van der Waals surface area (Å²) in [6.07, 6.45) is -5.99. The molecule has 0 bridgehead atoms. The molecule has 0 aromatic rings. The fourth-order valence-electron chi connectivity index (χ4n) is 1.03. The molecule has 11 heavy (non-hydrogen) atoms. The van der Waals surface area contributed by atoms with Crippen molar-refractivity contribution in [3.05, 3.63) is 0 Å². The lowest BCUT2D eigenvalue weighted by Crippen LogP contribution is -2.56. The van der Waals surface area contributed by atoms with Gasteiger partial charge < -0.3 is 25.2 Å². The van der Waals surface area contributed by atoms with E-state index in [9.17, 15) is 0 Å². The molecule has 1 heterocycles. The van der Waals surface area contributed by atoms with Crippen LogP contribution >= 0.6 is 0 Å². The Hall–Kier alpha value is -0.200. The second-order valence-corrected chi connectivity index (χ2v) is 2.70. The van der Waals surface area contributed by atoms with Gasteiger partial charge in [-0.1, -0.05) is 0 Å². The van der Waals surface area contributed by atoms with Crippen LogP contribution in [0.5, 0.6) is 0 Å². The molecule has 0 amide bonds. The van der Waals surface area contributed by atoms with E-state index >= 15 is 0 Å². The van der Waals surface area contributed by atoms with Crippen LogP contribution < -0.4 is 0 Å². The zero-order valence-corrected chi connectivity index (χ0v) is 6.08. The van der Waals surface area contributed by atoms with Gasteiger partial charge in [0.15, 0.2) is 6.29 Å². The first-order valence-corrected chi connectivity index (χ1v) is 3.41. The molecule has 66 valence electrons. The van der Waals surface area contributed by atoms with Crippen molar-refractivity contribution in [2.75, 3.05) is 0 Å². The lowest BCUT2D eigenvalue weighted by Gasteiger charge is -2.36. The highest BCUT2D eigenvalue weighted by atomic mass is 16.6. The topological polar surface area (TPSA) is 90.2 Å². The van der Waals surface area contributed by atoms with E-state index in [0.717, 1.165) is 0 Å². The van der Waals surface area contributed by atoms with Crippen LogP contribution in [0.25, 0.3) is 0 Å². The Kier molecular flexibility index (Phi) is 2.46. The van der Waals surface area contributed by atoms with Crippen molar-refractivity contribution in [1.29, 1.82) is 0 Å². The molecule has 0 spiro atoms. The van der Waals surface area contributed by atoms with E-state index in [1.54, 1.807) is 0 Å². The highest BCUT2D eigenvalue weighted by Crippen LogP contribution is 2.18. The fraction of sp³-hybridized carbons (Fsp3) is 1.00. The highest BCUT2D eigenvalue weighted by molar-refractivity contribution is 4.86. The maximum absolute atomic E-state index is 9.09. The molecule has 4 N–H and O–H groups in total. The Balaban J connectivity index is 2.63. The van der Waals surface area contributed by atoms with E-state index in [1.807, 2.05) is 0 Å². The molecule has 0 aromatic carbocycles. The van der Waals surface area contributed by atoms with Gasteiger partial charge in [0, 0.05) is 0 Å². The Morgan fingerprint density at radius 3 is 2.00 bits per heavy atom. The Bertz CT molecular complexity index is 125. The van der Waals surface area contributed by atoms with Crippen molar-refractivity contribution in [2.24, 2.45) is 0 Å². The van der Waals surface area contributed by atoms with Gasteiger partial charge in [-0.05, 0) is 6.92 Å². The standard InChI is InChI=1S/C6H12O5/c1-2-3(7)4(8)5(9)6(10)11-2/h2-10H,1H3/t2-,3+,4+,5?,6?/m0/s1. The number of aliphatic hydroxyl groups excluding tert-OH is 4. The zero-order valence-electron chi connectivity index (χ0n) is 6.08. The van der Waals surface area contributed by atoms with Crippen LogP contribution in [0.3, 0.4) is 0 Å². The Morgan fingerprint density at radius 1 is 0.909 bits per heavy atom. The van der Waals surface area contributed by atoms with Crippen LogP contribution in [0.4, 0.5) is 0 Å². The van der Waals surface area contributed by atoms with Crippen LogP contribution in [0.2, 0.25) is 0 Å². The lowest BCUT2D eigenvalue weighted by atomic mass is 10.0. The molecule has 2 unspecified atom stereocenters. The molecule has 5 nitrogen and oxygen atoms in total. The van der Waals surface area contributed by atoms with Crippen LogP contribution in [-0.2, 0) is 4.74 Å². The smallest absolute Gasteiger partial charge is 0.183 e. The average Bonchev–Trinajstić information content (AvgIpc) is 1.97. The SMILES string of the molecule is C[C@@H]1OC(O)C(O)[C@H](O)[C@@H]1O.